The largest absolute Gasteiger partial charge is 0.289 e. The van der Waals surface area contributed by atoms with Gasteiger partial charge in [-0.2, -0.15) is 0 Å². The van der Waals surface area contributed by atoms with Crippen molar-refractivity contribution in [1.82, 2.24) is 0 Å². The third-order valence-electron chi connectivity index (χ3n) is 3.47. The molecule has 1 aliphatic carbocycles. The second kappa shape index (κ2) is 4.97. The molecule has 0 saturated heterocycles. The summed E-state index contributed by atoms with van der Waals surface area (Å²) in [7, 11) is 1.16. The summed E-state index contributed by atoms with van der Waals surface area (Å²) in [4.78, 5) is 35.0. The number of ketones is 2. The van der Waals surface area contributed by atoms with Crippen LogP contribution in [0.25, 0.3) is 0 Å². The summed E-state index contributed by atoms with van der Waals surface area (Å²) >= 11 is 0. The molecule has 0 fully saturated rings. The molecule has 2 aromatic carbocycles. The fourth-order valence-electron chi connectivity index (χ4n) is 2.46. The number of hydrogen-bond acceptors (Lipinski definition) is 6. The first kappa shape index (κ1) is 15.3. The summed E-state index contributed by atoms with van der Waals surface area (Å²) in [5.74, 6) is -1.37. The van der Waals surface area contributed by atoms with Crippen molar-refractivity contribution in [2.45, 2.75) is 4.90 Å². The zero-order chi connectivity index (χ0) is 16.9. The summed E-state index contributed by atoms with van der Waals surface area (Å²) in [6.45, 7) is 0. The van der Waals surface area contributed by atoms with E-state index in [1.165, 1.54) is 12.1 Å². The standard InChI is InChI=1S/C14H6ClNO6S/c15-23(21,22)7-4-5-8-10(6-7)13(17)9-2-1-3-11(16(19)20)12(9)14(8)18/h1-6H. The molecule has 116 valence electrons. The van der Waals surface area contributed by atoms with Crippen molar-refractivity contribution in [3.05, 3.63) is 68.8 Å². The van der Waals surface area contributed by atoms with E-state index in [9.17, 15) is 28.1 Å². The molecular formula is C14H6ClNO6S. The van der Waals surface area contributed by atoms with Gasteiger partial charge in [0.05, 0.1) is 9.82 Å². The van der Waals surface area contributed by atoms with E-state index in [0.29, 0.717) is 0 Å². The topological polar surface area (TPSA) is 111 Å². The molecular weight excluding hydrogens is 346 g/mol. The van der Waals surface area contributed by atoms with Crippen molar-refractivity contribution in [2.75, 3.05) is 0 Å². The van der Waals surface area contributed by atoms with Crippen molar-refractivity contribution in [2.24, 2.45) is 0 Å². The number of nitro groups is 1. The minimum absolute atomic E-state index is 0.0964. The summed E-state index contributed by atoms with van der Waals surface area (Å²) in [6.07, 6.45) is 0. The van der Waals surface area contributed by atoms with Crippen LogP contribution in [0, 0.1) is 10.1 Å². The molecule has 0 atom stereocenters. The number of hydrogen-bond donors (Lipinski definition) is 0. The lowest BCUT2D eigenvalue weighted by molar-refractivity contribution is -0.385. The fraction of sp³-hybridized carbons (Fsp3) is 0. The van der Waals surface area contributed by atoms with Gasteiger partial charge in [0.25, 0.3) is 14.7 Å². The third-order valence-corrected chi connectivity index (χ3v) is 4.82. The molecule has 2 aromatic rings. The molecule has 0 heterocycles. The van der Waals surface area contributed by atoms with E-state index in [4.69, 9.17) is 10.7 Å². The van der Waals surface area contributed by atoms with Crippen LogP contribution >= 0.6 is 10.7 Å². The molecule has 0 saturated carbocycles. The Kier molecular flexibility index (Phi) is 3.31. The number of carbonyl (C=O) groups excluding carboxylic acids is 2. The van der Waals surface area contributed by atoms with Crippen LogP contribution < -0.4 is 0 Å². The lowest BCUT2D eigenvalue weighted by atomic mass is 9.83. The summed E-state index contributed by atoms with van der Waals surface area (Å²) < 4.78 is 22.8. The van der Waals surface area contributed by atoms with E-state index in [-0.39, 0.29) is 27.1 Å². The summed E-state index contributed by atoms with van der Waals surface area (Å²) in [6, 6.07) is 6.91. The molecule has 0 bridgehead atoms. The van der Waals surface area contributed by atoms with Gasteiger partial charge in [-0.15, -0.1) is 0 Å². The highest BCUT2D eigenvalue weighted by Gasteiger charge is 2.35. The molecule has 0 amide bonds. The van der Waals surface area contributed by atoms with Crippen molar-refractivity contribution in [3.8, 4) is 0 Å². The van der Waals surface area contributed by atoms with Gasteiger partial charge in [0.15, 0.2) is 5.78 Å². The quantitative estimate of drug-likeness (QED) is 0.398. The Bertz CT molecular complexity index is 1010. The van der Waals surface area contributed by atoms with Gasteiger partial charge in [0.1, 0.15) is 5.56 Å². The maximum absolute atomic E-state index is 12.5. The van der Waals surface area contributed by atoms with Crippen LogP contribution in [0.4, 0.5) is 5.69 Å². The molecule has 0 unspecified atom stereocenters. The van der Waals surface area contributed by atoms with E-state index in [2.05, 4.69) is 0 Å². The first-order chi connectivity index (χ1) is 10.7. The highest BCUT2D eigenvalue weighted by molar-refractivity contribution is 8.13. The summed E-state index contributed by atoms with van der Waals surface area (Å²) in [5.41, 5.74) is -1.15. The minimum atomic E-state index is -4.08. The van der Waals surface area contributed by atoms with E-state index >= 15 is 0 Å². The summed E-state index contributed by atoms with van der Waals surface area (Å²) in [5, 5.41) is 11.1. The fourth-order valence-corrected chi connectivity index (χ4v) is 3.24. The molecule has 0 aliphatic heterocycles. The number of rotatable bonds is 2. The average molecular weight is 352 g/mol. The van der Waals surface area contributed by atoms with Gasteiger partial charge in [0, 0.05) is 33.4 Å². The van der Waals surface area contributed by atoms with Crippen LogP contribution in [0.5, 0.6) is 0 Å². The number of nitro benzene ring substituents is 1. The number of fused-ring (bicyclic) bond motifs is 2. The van der Waals surface area contributed by atoms with Gasteiger partial charge in [0.2, 0.25) is 5.78 Å². The van der Waals surface area contributed by atoms with Gasteiger partial charge in [-0.3, -0.25) is 19.7 Å². The minimum Gasteiger partial charge on any atom is -0.289 e. The monoisotopic (exact) mass is 351 g/mol. The molecule has 0 aromatic heterocycles. The Labute approximate surface area is 134 Å². The maximum Gasteiger partial charge on any atom is 0.281 e. The highest BCUT2D eigenvalue weighted by Crippen LogP contribution is 2.34. The van der Waals surface area contributed by atoms with E-state index < -0.39 is 31.2 Å². The van der Waals surface area contributed by atoms with Gasteiger partial charge < -0.3 is 0 Å². The van der Waals surface area contributed by atoms with Crippen LogP contribution in [0.15, 0.2) is 41.3 Å². The number of halogens is 1. The second-order valence-electron chi connectivity index (χ2n) is 4.76. The molecule has 3 rings (SSSR count). The van der Waals surface area contributed by atoms with E-state index in [0.717, 1.165) is 24.3 Å². The number of nitrogens with zero attached hydrogens (tertiary/aromatic N) is 1. The second-order valence-corrected chi connectivity index (χ2v) is 7.33. The number of benzene rings is 2. The normalized spacial score (nSPS) is 13.4. The van der Waals surface area contributed by atoms with Gasteiger partial charge in [-0.1, -0.05) is 6.07 Å². The van der Waals surface area contributed by atoms with E-state index in [1.807, 2.05) is 0 Å². The molecule has 0 spiro atoms. The first-order valence-corrected chi connectivity index (χ1v) is 8.48. The smallest absolute Gasteiger partial charge is 0.281 e. The Morgan fingerprint density at radius 3 is 2.26 bits per heavy atom. The first-order valence-electron chi connectivity index (χ1n) is 6.17. The molecule has 9 heteroatoms. The Morgan fingerprint density at radius 2 is 1.65 bits per heavy atom. The lowest BCUT2D eigenvalue weighted by Crippen LogP contribution is -2.22. The number of carbonyl (C=O) groups is 2. The maximum atomic E-state index is 12.5. The Hall–Kier alpha value is -2.58. The Balaban J connectivity index is 2.31. The SMILES string of the molecule is O=C1c2cc(S(=O)(=O)Cl)ccc2C(=O)c2c1cccc2[N+](=O)[O-]. The lowest BCUT2D eigenvalue weighted by Gasteiger charge is -2.17. The average Bonchev–Trinajstić information content (AvgIpc) is 2.50. The van der Waals surface area contributed by atoms with Crippen LogP contribution in [0.1, 0.15) is 31.8 Å². The molecule has 0 radical (unpaired) electrons. The van der Waals surface area contributed by atoms with Crippen molar-refractivity contribution in [3.63, 3.8) is 0 Å². The highest BCUT2D eigenvalue weighted by atomic mass is 35.7. The van der Waals surface area contributed by atoms with Crippen molar-refractivity contribution in [1.29, 1.82) is 0 Å². The van der Waals surface area contributed by atoms with Gasteiger partial charge in [-0.25, -0.2) is 8.42 Å². The molecule has 0 N–H and O–H groups in total. The van der Waals surface area contributed by atoms with Crippen molar-refractivity contribution >= 4 is 37.0 Å². The van der Waals surface area contributed by atoms with Crippen molar-refractivity contribution < 1.29 is 22.9 Å². The molecule has 1 aliphatic rings. The predicted molar refractivity (Wildman–Crippen MR) is 79.4 cm³/mol. The predicted octanol–water partition coefficient (Wildman–Crippen LogP) is 2.30. The van der Waals surface area contributed by atoms with E-state index in [1.54, 1.807) is 0 Å². The van der Waals surface area contributed by atoms with Gasteiger partial charge in [-0.05, 0) is 24.3 Å². The van der Waals surface area contributed by atoms with Gasteiger partial charge >= 0.3 is 0 Å². The van der Waals surface area contributed by atoms with Crippen LogP contribution in [-0.4, -0.2) is 24.9 Å². The van der Waals surface area contributed by atoms with Crippen LogP contribution in [0.3, 0.4) is 0 Å². The molecule has 23 heavy (non-hydrogen) atoms. The van der Waals surface area contributed by atoms with Crippen LogP contribution in [-0.2, 0) is 9.05 Å². The van der Waals surface area contributed by atoms with Crippen LogP contribution in [0.2, 0.25) is 0 Å². The molecule has 7 nitrogen and oxygen atoms in total. The third kappa shape index (κ3) is 2.32. The zero-order valence-electron chi connectivity index (χ0n) is 11.1. The Morgan fingerprint density at radius 1 is 0.957 bits per heavy atom. The zero-order valence-corrected chi connectivity index (χ0v) is 12.7.